The van der Waals surface area contributed by atoms with Gasteiger partial charge in [0, 0.05) is 42.4 Å². The van der Waals surface area contributed by atoms with Crippen LogP contribution in [0.4, 0.5) is 0 Å². The van der Waals surface area contributed by atoms with Crippen LogP contribution < -0.4 is 5.32 Å². The predicted octanol–water partition coefficient (Wildman–Crippen LogP) is -0.607. The lowest BCUT2D eigenvalue weighted by molar-refractivity contribution is -0.150. The van der Waals surface area contributed by atoms with Gasteiger partial charge in [-0.15, -0.1) is 23.1 Å². The second kappa shape index (κ2) is 12.7. The summed E-state index contributed by atoms with van der Waals surface area (Å²) in [5.41, 5.74) is 1.62. The SMILES string of the molecule is CC(O/N=C(\C(=O)N[C@H]1C(=O)N2C(C(=O)O)=C(/C=C3\CCN(C4CCN(CC(=O)O)C4)C3=O)CSC12)c1cscn1)C(=O)O. The molecule has 0 radical (unpaired) electrons. The number of carbonyl (C=O) groups excluding carboxylic acids is 3. The number of likely N-dealkylation sites (tertiary alicyclic amines) is 2. The highest BCUT2D eigenvalue weighted by atomic mass is 32.2. The van der Waals surface area contributed by atoms with Gasteiger partial charge < -0.3 is 30.4 Å². The van der Waals surface area contributed by atoms with Crippen molar-refractivity contribution in [2.45, 2.75) is 43.3 Å². The molecule has 4 N–H and O–H groups in total. The Bertz CT molecular complexity index is 1490. The van der Waals surface area contributed by atoms with Crippen molar-refractivity contribution in [2.24, 2.45) is 5.16 Å². The first-order valence-electron chi connectivity index (χ1n) is 13.5. The summed E-state index contributed by atoms with van der Waals surface area (Å²) < 4.78 is 0. The Morgan fingerprint density at radius 1 is 1.23 bits per heavy atom. The smallest absolute Gasteiger partial charge is 0.352 e. The van der Waals surface area contributed by atoms with Crippen LogP contribution in [0.1, 0.15) is 25.5 Å². The third-order valence-corrected chi connectivity index (χ3v) is 9.47. The minimum atomic E-state index is -1.36. The molecular formula is C26H28N6O10S2. The molecule has 1 aromatic heterocycles. The molecule has 3 amide bonds. The normalized spacial score (nSPS) is 25.6. The van der Waals surface area contributed by atoms with Gasteiger partial charge in [0.25, 0.3) is 11.8 Å². The minimum Gasteiger partial charge on any atom is -0.480 e. The standard InChI is InChI=1S/C26H28N6O10S2/c1-12(25(38)39)42-29-18(16-10-43-11-27-16)21(35)28-19-23(37)32-20(26(40)41)14(9-44-24(19)32)6-13-2-5-31(22(13)36)15-3-4-30(7-15)8-17(33)34/h6,10-12,15,19,24H,2-5,7-9H2,1H3,(H,28,35)(H,33,34)(H,38,39)(H,40,41)/b13-6+,29-18-/t12?,15?,19-,24?/m0/s1. The van der Waals surface area contributed by atoms with Gasteiger partial charge >= 0.3 is 17.9 Å². The van der Waals surface area contributed by atoms with E-state index in [-0.39, 0.29) is 41.3 Å². The van der Waals surface area contributed by atoms with E-state index in [9.17, 15) is 33.9 Å². The minimum absolute atomic E-state index is 0.101. The van der Waals surface area contributed by atoms with Crippen LogP contribution >= 0.6 is 23.1 Å². The van der Waals surface area contributed by atoms with E-state index in [0.29, 0.717) is 43.6 Å². The number of nitrogens with zero attached hydrogens (tertiary/aromatic N) is 5. The summed E-state index contributed by atoms with van der Waals surface area (Å²) in [5, 5.41) is 35.1. The number of thioether (sulfide) groups is 1. The summed E-state index contributed by atoms with van der Waals surface area (Å²) in [6, 6.07) is -1.24. The van der Waals surface area contributed by atoms with Crippen molar-refractivity contribution >= 4 is 64.4 Å². The number of hydrogen-bond donors (Lipinski definition) is 4. The average Bonchev–Trinajstić information content (AvgIpc) is 3.74. The van der Waals surface area contributed by atoms with Gasteiger partial charge in [-0.1, -0.05) is 5.16 Å². The zero-order valence-corrected chi connectivity index (χ0v) is 24.9. The molecule has 5 heterocycles. The summed E-state index contributed by atoms with van der Waals surface area (Å²) >= 11 is 2.38. The number of aliphatic carboxylic acids is 3. The van der Waals surface area contributed by atoms with Gasteiger partial charge in [-0.25, -0.2) is 14.6 Å². The number of amides is 3. The number of fused-ring (bicyclic) bond motifs is 1. The maximum atomic E-state index is 13.2. The summed E-state index contributed by atoms with van der Waals surface area (Å²) in [6.45, 7) is 2.56. The Labute approximate surface area is 258 Å². The molecule has 1 aromatic rings. The van der Waals surface area contributed by atoms with Crippen molar-refractivity contribution in [1.82, 2.24) is 25.0 Å². The van der Waals surface area contributed by atoms with Crippen molar-refractivity contribution in [3.63, 3.8) is 0 Å². The molecule has 18 heteroatoms. The van der Waals surface area contributed by atoms with Crippen LogP contribution in [-0.2, 0) is 33.6 Å². The predicted molar refractivity (Wildman–Crippen MR) is 153 cm³/mol. The number of carboxylic acids is 3. The number of oxime groups is 1. The van der Waals surface area contributed by atoms with E-state index in [1.807, 2.05) is 0 Å². The van der Waals surface area contributed by atoms with E-state index in [2.05, 4.69) is 15.5 Å². The molecule has 0 aromatic carbocycles. The lowest BCUT2D eigenvalue weighted by Gasteiger charge is -2.49. The zero-order chi connectivity index (χ0) is 31.7. The monoisotopic (exact) mass is 648 g/mol. The van der Waals surface area contributed by atoms with Crippen molar-refractivity contribution in [2.75, 3.05) is 31.9 Å². The van der Waals surface area contributed by atoms with Crippen LogP contribution in [0.3, 0.4) is 0 Å². The molecule has 4 atom stereocenters. The molecule has 3 saturated heterocycles. The summed E-state index contributed by atoms with van der Waals surface area (Å²) in [7, 11) is 0. The topological polar surface area (TPSA) is 219 Å². The quantitative estimate of drug-likeness (QED) is 0.102. The highest BCUT2D eigenvalue weighted by molar-refractivity contribution is 8.00. The maximum Gasteiger partial charge on any atom is 0.352 e. The summed E-state index contributed by atoms with van der Waals surface area (Å²) in [6.07, 6.45) is 1.19. The van der Waals surface area contributed by atoms with Crippen molar-refractivity contribution in [1.29, 1.82) is 0 Å². The van der Waals surface area contributed by atoms with E-state index < -0.39 is 47.2 Å². The Morgan fingerprint density at radius 2 is 2.00 bits per heavy atom. The van der Waals surface area contributed by atoms with Crippen LogP contribution in [0.5, 0.6) is 0 Å². The Kier molecular flexibility index (Phi) is 9.02. The van der Waals surface area contributed by atoms with Crippen molar-refractivity contribution in [3.8, 4) is 0 Å². The number of rotatable bonds is 11. The lowest BCUT2D eigenvalue weighted by Crippen LogP contribution is -2.71. The first-order valence-corrected chi connectivity index (χ1v) is 15.5. The molecule has 0 aliphatic carbocycles. The molecule has 234 valence electrons. The third-order valence-electron chi connectivity index (χ3n) is 7.58. The van der Waals surface area contributed by atoms with Crippen LogP contribution in [0.2, 0.25) is 0 Å². The molecule has 3 fully saturated rings. The van der Waals surface area contributed by atoms with Crippen LogP contribution in [0.15, 0.2) is 39.0 Å². The van der Waals surface area contributed by atoms with Gasteiger partial charge in [-0.05, 0) is 31.4 Å². The van der Waals surface area contributed by atoms with Crippen molar-refractivity contribution < 1.29 is 48.9 Å². The number of allylic oxidation sites excluding steroid dienone is 1. The Balaban J connectivity index is 1.29. The van der Waals surface area contributed by atoms with E-state index in [4.69, 9.17) is 15.1 Å². The first-order chi connectivity index (χ1) is 21.0. The molecule has 5 rings (SSSR count). The van der Waals surface area contributed by atoms with Crippen LogP contribution in [0.25, 0.3) is 0 Å². The lowest BCUT2D eigenvalue weighted by atomic mass is 10.0. The fourth-order valence-electron chi connectivity index (χ4n) is 5.40. The van der Waals surface area contributed by atoms with Crippen molar-refractivity contribution in [3.05, 3.63) is 39.5 Å². The number of thiazole rings is 1. The van der Waals surface area contributed by atoms with Gasteiger partial charge in [0.05, 0.1) is 12.1 Å². The van der Waals surface area contributed by atoms with E-state index in [1.54, 1.807) is 9.80 Å². The molecule has 3 unspecified atom stereocenters. The first kappa shape index (κ1) is 31.1. The molecular weight excluding hydrogens is 620 g/mol. The fraction of sp³-hybridized carbons (Fsp3) is 0.462. The molecule has 0 bridgehead atoms. The van der Waals surface area contributed by atoms with Gasteiger partial charge in [-0.2, -0.15) is 0 Å². The molecule has 4 aliphatic rings. The van der Waals surface area contributed by atoms with Crippen LogP contribution in [0, 0.1) is 0 Å². The van der Waals surface area contributed by atoms with Gasteiger partial charge in [-0.3, -0.25) is 29.0 Å². The number of hydrogen-bond acceptors (Lipinski definition) is 12. The fourth-order valence-corrected chi connectivity index (χ4v) is 7.24. The molecule has 4 aliphatic heterocycles. The summed E-state index contributed by atoms with van der Waals surface area (Å²) in [4.78, 5) is 87.5. The van der Waals surface area contributed by atoms with Gasteiger partial charge in [0.1, 0.15) is 22.8 Å². The number of carboxylic acid groups (broad SMARTS) is 3. The zero-order valence-electron chi connectivity index (χ0n) is 23.2. The average molecular weight is 649 g/mol. The highest BCUT2D eigenvalue weighted by Gasteiger charge is 2.54. The number of aromatic nitrogens is 1. The molecule has 16 nitrogen and oxygen atoms in total. The largest absolute Gasteiger partial charge is 0.480 e. The number of nitrogens with one attached hydrogen (secondary N) is 1. The van der Waals surface area contributed by atoms with Crippen LogP contribution in [-0.4, -0.2) is 132 Å². The maximum absolute atomic E-state index is 13.2. The van der Waals surface area contributed by atoms with E-state index in [1.165, 1.54) is 35.7 Å². The number of carbonyl (C=O) groups is 6. The third kappa shape index (κ3) is 6.18. The molecule has 0 saturated carbocycles. The second-order valence-corrected chi connectivity index (χ2v) is 12.3. The summed E-state index contributed by atoms with van der Waals surface area (Å²) in [5.74, 6) is -5.22. The molecule has 0 spiro atoms. The van der Waals surface area contributed by atoms with E-state index >= 15 is 0 Å². The highest BCUT2D eigenvalue weighted by Crippen LogP contribution is 2.41. The van der Waals surface area contributed by atoms with Gasteiger partial charge in [0.2, 0.25) is 12.0 Å². The van der Waals surface area contributed by atoms with Gasteiger partial charge in [0.15, 0.2) is 5.71 Å². The Morgan fingerprint density at radius 3 is 2.66 bits per heavy atom. The van der Waals surface area contributed by atoms with E-state index in [0.717, 1.165) is 16.2 Å². The second-order valence-electron chi connectivity index (χ2n) is 10.4. The Hall–Kier alpha value is -4.29. The molecule has 44 heavy (non-hydrogen) atoms. The number of β-lactam (4-membered cyclic amide) rings is 1.